The van der Waals surface area contributed by atoms with Crippen molar-refractivity contribution < 1.29 is 24.2 Å². The Balaban J connectivity index is 1.46. The first kappa shape index (κ1) is 23.8. The minimum absolute atomic E-state index is 0.0672. The molecule has 0 spiro atoms. The second-order valence-corrected chi connectivity index (χ2v) is 10.5. The molecule has 4 rings (SSSR count). The summed E-state index contributed by atoms with van der Waals surface area (Å²) in [6, 6.07) is 15.1. The van der Waals surface area contributed by atoms with Gasteiger partial charge in [0.2, 0.25) is 5.91 Å². The molecule has 2 aromatic rings. The smallest absolute Gasteiger partial charge is 0.408 e. The number of carbonyl (C=O) groups is 3. The molecule has 3 N–H and O–H groups in total. The lowest BCUT2D eigenvalue weighted by molar-refractivity contribution is -0.146. The van der Waals surface area contributed by atoms with Gasteiger partial charge in [0, 0.05) is 5.92 Å². The van der Waals surface area contributed by atoms with Crippen molar-refractivity contribution in [2.24, 2.45) is 11.3 Å². The molecule has 2 amide bonds. The van der Waals surface area contributed by atoms with E-state index in [0.29, 0.717) is 0 Å². The number of aliphatic carboxylic acids is 1. The van der Waals surface area contributed by atoms with Crippen LogP contribution in [0.3, 0.4) is 0 Å². The topological polar surface area (TPSA) is 105 Å². The number of carbonyl (C=O) groups excluding carboxylic acids is 2. The van der Waals surface area contributed by atoms with Crippen LogP contribution < -0.4 is 10.6 Å². The van der Waals surface area contributed by atoms with Gasteiger partial charge in [0.15, 0.2) is 0 Å². The zero-order valence-corrected chi connectivity index (χ0v) is 20.1. The average molecular weight is 465 g/mol. The van der Waals surface area contributed by atoms with E-state index in [4.69, 9.17) is 4.74 Å². The molecule has 0 radical (unpaired) electrons. The van der Waals surface area contributed by atoms with Gasteiger partial charge in [0.1, 0.15) is 18.2 Å². The van der Waals surface area contributed by atoms with Gasteiger partial charge in [-0.15, -0.1) is 0 Å². The Hall–Kier alpha value is -3.35. The van der Waals surface area contributed by atoms with E-state index in [9.17, 15) is 19.5 Å². The van der Waals surface area contributed by atoms with Gasteiger partial charge in [-0.1, -0.05) is 69.3 Å². The number of hydrogen-bond acceptors (Lipinski definition) is 4. The minimum atomic E-state index is -1.25. The lowest BCUT2D eigenvalue weighted by Gasteiger charge is -2.34. The quantitative estimate of drug-likeness (QED) is 0.566. The highest BCUT2D eigenvalue weighted by Gasteiger charge is 2.50. The highest BCUT2D eigenvalue weighted by atomic mass is 16.5. The fraction of sp³-hybridized carbons (Fsp3) is 0.444. The molecule has 0 bridgehead atoms. The lowest BCUT2D eigenvalue weighted by Crippen LogP contribution is -2.62. The molecular weight excluding hydrogens is 432 g/mol. The largest absolute Gasteiger partial charge is 0.480 e. The predicted molar refractivity (Wildman–Crippen MR) is 128 cm³/mol. The molecular formula is C27H32N2O5. The van der Waals surface area contributed by atoms with Crippen LogP contribution in [0.5, 0.6) is 0 Å². The Bertz CT molecular complexity index is 1070. The number of fused-ring (bicyclic) bond motifs is 3. The minimum Gasteiger partial charge on any atom is -0.480 e. The van der Waals surface area contributed by atoms with Crippen molar-refractivity contribution >= 4 is 18.0 Å². The van der Waals surface area contributed by atoms with Crippen molar-refractivity contribution in [1.82, 2.24) is 10.6 Å². The molecule has 2 aliphatic rings. The van der Waals surface area contributed by atoms with E-state index >= 15 is 0 Å². The third kappa shape index (κ3) is 4.52. The summed E-state index contributed by atoms with van der Waals surface area (Å²) in [5.41, 5.74) is 2.55. The molecule has 2 aliphatic carbocycles. The number of rotatable bonds is 7. The first-order valence-corrected chi connectivity index (χ1v) is 11.7. The van der Waals surface area contributed by atoms with Crippen molar-refractivity contribution in [2.75, 3.05) is 6.61 Å². The molecule has 180 valence electrons. The number of amides is 2. The maximum Gasteiger partial charge on any atom is 0.408 e. The lowest BCUT2D eigenvalue weighted by atomic mass is 9.85. The van der Waals surface area contributed by atoms with Gasteiger partial charge in [0.25, 0.3) is 0 Å². The third-order valence-corrected chi connectivity index (χ3v) is 6.96. The fourth-order valence-corrected chi connectivity index (χ4v) is 4.78. The Morgan fingerprint density at radius 3 is 1.97 bits per heavy atom. The summed E-state index contributed by atoms with van der Waals surface area (Å²) < 4.78 is 5.64. The van der Waals surface area contributed by atoms with E-state index in [-0.39, 0.29) is 18.4 Å². The normalized spacial score (nSPS) is 17.6. The molecule has 1 unspecified atom stereocenters. The van der Waals surface area contributed by atoms with Crippen LogP contribution in [-0.4, -0.2) is 41.3 Å². The van der Waals surface area contributed by atoms with E-state index in [1.54, 1.807) is 27.7 Å². The van der Waals surface area contributed by atoms with Crippen molar-refractivity contribution in [3.8, 4) is 11.1 Å². The molecule has 0 saturated heterocycles. The number of ether oxygens (including phenoxy) is 1. The Kier molecular flexibility index (Phi) is 6.14. The number of carboxylic acids is 1. The molecule has 2 aromatic carbocycles. The molecule has 1 fully saturated rings. The van der Waals surface area contributed by atoms with Crippen LogP contribution in [0.1, 0.15) is 57.6 Å². The third-order valence-electron chi connectivity index (χ3n) is 6.96. The van der Waals surface area contributed by atoms with Crippen molar-refractivity contribution in [3.05, 3.63) is 59.7 Å². The standard InChI is InChI=1S/C27H32N2O5/c1-26(2,3)22(23(30)31)28-24(32)27(4,16-13-14-16)29-25(33)34-15-21-19-11-7-5-9-17(19)18-10-6-8-12-20(18)21/h5-12,16,21-22H,13-15H2,1-4H3,(H,28,32)(H,29,33)(H,30,31)/t22-,27?/m0/s1. The van der Waals surface area contributed by atoms with E-state index in [1.807, 2.05) is 36.4 Å². The number of carboxylic acid groups (broad SMARTS) is 1. The van der Waals surface area contributed by atoms with Crippen LogP contribution in [-0.2, 0) is 14.3 Å². The van der Waals surface area contributed by atoms with Crippen LogP contribution in [0, 0.1) is 11.3 Å². The van der Waals surface area contributed by atoms with Crippen LogP contribution >= 0.6 is 0 Å². The van der Waals surface area contributed by atoms with E-state index in [1.165, 1.54) is 0 Å². The summed E-state index contributed by atoms with van der Waals surface area (Å²) in [5.74, 6) is -1.77. The van der Waals surface area contributed by atoms with Crippen LogP contribution in [0.4, 0.5) is 4.79 Å². The highest BCUT2D eigenvalue weighted by Crippen LogP contribution is 2.44. The number of nitrogens with one attached hydrogen (secondary N) is 2. The molecule has 0 aromatic heterocycles. The van der Waals surface area contributed by atoms with Crippen LogP contribution in [0.15, 0.2) is 48.5 Å². The van der Waals surface area contributed by atoms with Crippen molar-refractivity contribution in [3.63, 3.8) is 0 Å². The Morgan fingerprint density at radius 2 is 1.50 bits per heavy atom. The highest BCUT2D eigenvalue weighted by molar-refractivity contribution is 5.93. The van der Waals surface area contributed by atoms with Gasteiger partial charge >= 0.3 is 12.1 Å². The summed E-state index contributed by atoms with van der Waals surface area (Å²) in [5, 5.41) is 15.0. The average Bonchev–Trinajstić information content (AvgIpc) is 3.59. The van der Waals surface area contributed by atoms with Gasteiger partial charge in [-0.3, -0.25) is 4.79 Å². The van der Waals surface area contributed by atoms with Crippen LogP contribution in [0.2, 0.25) is 0 Å². The summed E-state index contributed by atoms with van der Waals surface area (Å²) in [7, 11) is 0. The molecule has 0 heterocycles. The van der Waals surface area contributed by atoms with Gasteiger partial charge in [0.05, 0.1) is 0 Å². The first-order valence-electron chi connectivity index (χ1n) is 11.7. The molecule has 7 nitrogen and oxygen atoms in total. The monoisotopic (exact) mass is 464 g/mol. The maximum atomic E-state index is 13.2. The fourth-order valence-electron chi connectivity index (χ4n) is 4.78. The van der Waals surface area contributed by atoms with Gasteiger partial charge in [-0.05, 0) is 53.4 Å². The van der Waals surface area contributed by atoms with E-state index < -0.39 is 35.0 Å². The SMILES string of the molecule is CC(NC(=O)OCC1c2ccccc2-c2ccccc21)(C(=O)N[C@@H](C(=O)O)C(C)(C)C)C1CC1. The number of hydrogen-bond donors (Lipinski definition) is 3. The second-order valence-electron chi connectivity index (χ2n) is 10.5. The summed E-state index contributed by atoms with van der Waals surface area (Å²) >= 11 is 0. The molecule has 2 atom stereocenters. The second kappa shape index (κ2) is 8.78. The summed E-state index contributed by atoms with van der Waals surface area (Å²) in [6.07, 6.45) is 0.871. The van der Waals surface area contributed by atoms with Gasteiger partial charge < -0.3 is 20.5 Å². The number of benzene rings is 2. The van der Waals surface area contributed by atoms with Gasteiger partial charge in [-0.25, -0.2) is 9.59 Å². The molecule has 34 heavy (non-hydrogen) atoms. The zero-order chi connectivity index (χ0) is 24.7. The van der Waals surface area contributed by atoms with Crippen molar-refractivity contribution in [1.29, 1.82) is 0 Å². The Labute approximate surface area is 199 Å². The molecule has 1 saturated carbocycles. The Morgan fingerprint density at radius 1 is 0.971 bits per heavy atom. The van der Waals surface area contributed by atoms with Gasteiger partial charge in [-0.2, -0.15) is 0 Å². The molecule has 7 heteroatoms. The maximum absolute atomic E-state index is 13.2. The van der Waals surface area contributed by atoms with Crippen molar-refractivity contribution in [2.45, 2.75) is 58.0 Å². The zero-order valence-electron chi connectivity index (χ0n) is 20.1. The number of alkyl carbamates (subject to hydrolysis) is 1. The first-order chi connectivity index (χ1) is 16.0. The molecule has 0 aliphatic heterocycles. The van der Waals surface area contributed by atoms with E-state index in [2.05, 4.69) is 22.8 Å². The predicted octanol–water partition coefficient (Wildman–Crippen LogP) is 4.31. The van der Waals surface area contributed by atoms with E-state index in [0.717, 1.165) is 35.1 Å². The van der Waals surface area contributed by atoms with Crippen LogP contribution in [0.25, 0.3) is 11.1 Å². The summed E-state index contributed by atoms with van der Waals surface area (Å²) in [6.45, 7) is 7.03. The summed E-state index contributed by atoms with van der Waals surface area (Å²) in [4.78, 5) is 37.8.